The van der Waals surface area contributed by atoms with Crippen LogP contribution in [0.2, 0.25) is 0 Å². The summed E-state index contributed by atoms with van der Waals surface area (Å²) in [4.78, 5) is 2.38. The summed E-state index contributed by atoms with van der Waals surface area (Å²) in [5.74, 6) is 0.462. The van der Waals surface area contributed by atoms with Crippen LogP contribution in [0.3, 0.4) is 0 Å². The van der Waals surface area contributed by atoms with E-state index in [1.54, 1.807) is 0 Å². The molecule has 232 valence electrons. The van der Waals surface area contributed by atoms with Crippen LogP contribution in [0.25, 0.3) is 71.3 Å². The first-order valence-corrected chi connectivity index (χ1v) is 17.2. The first-order valence-electron chi connectivity index (χ1n) is 17.2. The van der Waals surface area contributed by atoms with E-state index in [4.69, 9.17) is 0 Å². The van der Waals surface area contributed by atoms with Gasteiger partial charge in [0, 0.05) is 33.5 Å². The Morgan fingerprint density at radius 2 is 0.939 bits per heavy atom. The second kappa shape index (κ2) is 10.7. The number of aromatic nitrogens is 1. The molecule has 0 spiro atoms. The lowest BCUT2D eigenvalue weighted by atomic mass is 9.78. The van der Waals surface area contributed by atoms with Gasteiger partial charge in [0.2, 0.25) is 0 Å². The van der Waals surface area contributed by atoms with E-state index >= 15 is 0 Å². The molecule has 0 atom stereocenters. The number of para-hydroxylation sites is 3. The van der Waals surface area contributed by atoms with Crippen molar-refractivity contribution in [3.63, 3.8) is 0 Å². The number of rotatable bonds is 5. The Bertz CT molecular complexity index is 2700. The van der Waals surface area contributed by atoms with E-state index in [-0.39, 0.29) is 0 Å². The Kier molecular flexibility index (Phi) is 6.10. The maximum absolute atomic E-state index is 2.40. The maximum atomic E-state index is 2.40. The molecule has 8 aromatic carbocycles. The number of nitrogens with zero attached hydrogens (tertiary/aromatic N) is 2. The molecule has 0 radical (unpaired) electrons. The zero-order valence-corrected chi connectivity index (χ0v) is 27.6. The SMILES string of the molecule is CC(C)c1cccc(N(c2ccccc2)c2ccc3cc4c(cc3c2)-c2cc3ccc(-n5c6ccccc6c6ccccc65)cc3cc2-4)c1. The Morgan fingerprint density at radius 1 is 0.408 bits per heavy atom. The minimum atomic E-state index is 0.462. The Hall–Kier alpha value is -6.12. The molecule has 1 aliphatic rings. The van der Waals surface area contributed by atoms with Crippen LogP contribution in [0.5, 0.6) is 0 Å². The highest BCUT2D eigenvalue weighted by molar-refractivity contribution is 6.13. The highest BCUT2D eigenvalue weighted by atomic mass is 15.1. The normalized spacial score (nSPS) is 12.1. The van der Waals surface area contributed by atoms with Gasteiger partial charge in [0.25, 0.3) is 0 Å². The van der Waals surface area contributed by atoms with Crippen LogP contribution in [-0.4, -0.2) is 4.57 Å². The topological polar surface area (TPSA) is 8.17 Å². The van der Waals surface area contributed by atoms with E-state index in [0.717, 1.165) is 11.4 Å². The van der Waals surface area contributed by atoms with Crippen LogP contribution in [0.15, 0.2) is 164 Å². The second-order valence-corrected chi connectivity index (χ2v) is 13.6. The van der Waals surface area contributed by atoms with Gasteiger partial charge >= 0.3 is 0 Å². The summed E-state index contributed by atoms with van der Waals surface area (Å²) >= 11 is 0. The van der Waals surface area contributed by atoms with Gasteiger partial charge in [-0.25, -0.2) is 0 Å². The molecule has 0 bridgehead atoms. The minimum absolute atomic E-state index is 0.462. The molecule has 1 heterocycles. The monoisotopic (exact) mass is 626 g/mol. The van der Waals surface area contributed by atoms with Gasteiger partial charge in [0.05, 0.1) is 11.0 Å². The predicted octanol–water partition coefficient (Wildman–Crippen LogP) is 13.3. The lowest BCUT2D eigenvalue weighted by Crippen LogP contribution is -2.10. The second-order valence-electron chi connectivity index (χ2n) is 13.6. The average Bonchev–Trinajstić information content (AvgIpc) is 3.48. The van der Waals surface area contributed by atoms with Gasteiger partial charge in [-0.3, -0.25) is 0 Å². The summed E-state index contributed by atoms with van der Waals surface area (Å²) in [6.07, 6.45) is 0. The third-order valence-electron chi connectivity index (χ3n) is 10.4. The third-order valence-corrected chi connectivity index (χ3v) is 10.4. The molecule has 2 heteroatoms. The van der Waals surface area contributed by atoms with Gasteiger partial charge in [-0.05, 0) is 140 Å². The maximum Gasteiger partial charge on any atom is 0.0541 e. The van der Waals surface area contributed by atoms with Gasteiger partial charge in [-0.1, -0.05) is 92.7 Å². The number of benzene rings is 8. The molecule has 0 amide bonds. The van der Waals surface area contributed by atoms with E-state index in [0.29, 0.717) is 5.92 Å². The lowest BCUT2D eigenvalue weighted by Gasteiger charge is -2.28. The van der Waals surface area contributed by atoms with Crippen molar-refractivity contribution in [1.29, 1.82) is 0 Å². The Balaban J connectivity index is 1.07. The summed E-state index contributed by atoms with van der Waals surface area (Å²) in [7, 11) is 0. The molecular weight excluding hydrogens is 593 g/mol. The van der Waals surface area contributed by atoms with Crippen molar-refractivity contribution in [2.24, 2.45) is 0 Å². The van der Waals surface area contributed by atoms with E-state index in [1.165, 1.54) is 82.5 Å². The fraction of sp³-hybridized carbons (Fsp3) is 0.0638. The van der Waals surface area contributed by atoms with Crippen molar-refractivity contribution in [2.45, 2.75) is 19.8 Å². The van der Waals surface area contributed by atoms with Gasteiger partial charge in [0.1, 0.15) is 0 Å². The zero-order chi connectivity index (χ0) is 32.6. The third kappa shape index (κ3) is 4.34. The standard InChI is InChI=1S/C47H34N2/c1-30(2)31-11-10-14-37(23-31)48(36-12-4-3-5-13-36)38-21-19-32-26-42-44(28-34(32)24-38)43-27-33-20-22-39(25-35(33)29-45(42)43)49-46-17-8-6-15-40(46)41-16-7-9-18-47(41)49/h3-30H,1-2H3. The fourth-order valence-corrected chi connectivity index (χ4v) is 7.93. The number of hydrogen-bond donors (Lipinski definition) is 0. The molecule has 0 saturated heterocycles. The quantitative estimate of drug-likeness (QED) is 0.185. The molecule has 2 nitrogen and oxygen atoms in total. The van der Waals surface area contributed by atoms with Crippen LogP contribution in [-0.2, 0) is 0 Å². The molecule has 1 aromatic heterocycles. The van der Waals surface area contributed by atoms with Crippen LogP contribution in [0, 0.1) is 0 Å². The van der Waals surface area contributed by atoms with E-state index in [9.17, 15) is 0 Å². The van der Waals surface area contributed by atoms with Crippen molar-refractivity contribution in [2.75, 3.05) is 4.90 Å². The fourth-order valence-electron chi connectivity index (χ4n) is 7.93. The lowest BCUT2D eigenvalue weighted by molar-refractivity contribution is 0.866. The van der Waals surface area contributed by atoms with Crippen molar-refractivity contribution in [1.82, 2.24) is 4.57 Å². The molecule has 49 heavy (non-hydrogen) atoms. The predicted molar refractivity (Wildman–Crippen MR) is 209 cm³/mol. The molecule has 0 N–H and O–H groups in total. The smallest absolute Gasteiger partial charge is 0.0541 e. The first kappa shape index (κ1) is 27.9. The molecular formula is C47H34N2. The summed E-state index contributed by atoms with van der Waals surface area (Å²) in [5.41, 5.74) is 13.8. The molecule has 0 fully saturated rings. The van der Waals surface area contributed by atoms with Crippen LogP contribution in [0.4, 0.5) is 17.1 Å². The molecule has 9 aromatic rings. The van der Waals surface area contributed by atoms with Crippen molar-refractivity contribution in [3.05, 3.63) is 169 Å². The summed E-state index contributed by atoms with van der Waals surface area (Å²) in [5, 5.41) is 7.62. The van der Waals surface area contributed by atoms with E-state index in [2.05, 4.69) is 187 Å². The summed E-state index contributed by atoms with van der Waals surface area (Å²) in [6.45, 7) is 4.51. The summed E-state index contributed by atoms with van der Waals surface area (Å²) in [6, 6.07) is 60.4. The van der Waals surface area contributed by atoms with E-state index < -0.39 is 0 Å². The van der Waals surface area contributed by atoms with Crippen molar-refractivity contribution in [3.8, 4) is 27.9 Å². The average molecular weight is 627 g/mol. The molecule has 0 saturated carbocycles. The van der Waals surface area contributed by atoms with Crippen molar-refractivity contribution >= 4 is 60.4 Å². The molecule has 0 unspecified atom stereocenters. The molecule has 1 aliphatic carbocycles. The zero-order valence-electron chi connectivity index (χ0n) is 27.6. The molecule has 10 rings (SSSR count). The van der Waals surface area contributed by atoms with E-state index in [1.807, 2.05) is 0 Å². The van der Waals surface area contributed by atoms with Gasteiger partial charge in [-0.2, -0.15) is 0 Å². The highest BCUT2D eigenvalue weighted by Gasteiger charge is 2.24. The van der Waals surface area contributed by atoms with Crippen LogP contribution >= 0.6 is 0 Å². The van der Waals surface area contributed by atoms with Gasteiger partial charge in [-0.15, -0.1) is 0 Å². The van der Waals surface area contributed by atoms with Crippen LogP contribution < -0.4 is 4.90 Å². The van der Waals surface area contributed by atoms with Gasteiger partial charge < -0.3 is 9.47 Å². The van der Waals surface area contributed by atoms with Crippen LogP contribution in [0.1, 0.15) is 25.3 Å². The van der Waals surface area contributed by atoms with Crippen molar-refractivity contribution < 1.29 is 0 Å². The number of fused-ring (bicyclic) bond motifs is 9. The highest BCUT2D eigenvalue weighted by Crippen LogP contribution is 2.51. The Morgan fingerprint density at radius 3 is 1.59 bits per heavy atom. The minimum Gasteiger partial charge on any atom is -0.310 e. The number of anilines is 3. The number of hydrogen-bond acceptors (Lipinski definition) is 1. The first-order chi connectivity index (χ1) is 24.1. The molecule has 0 aliphatic heterocycles. The summed E-state index contributed by atoms with van der Waals surface area (Å²) < 4.78 is 2.40. The van der Waals surface area contributed by atoms with Gasteiger partial charge in [0.15, 0.2) is 0 Å². The Labute approximate surface area is 286 Å². The largest absolute Gasteiger partial charge is 0.310 e.